The Morgan fingerprint density at radius 2 is 1.67 bits per heavy atom. The number of halogens is 2. The van der Waals surface area contributed by atoms with E-state index in [4.69, 9.17) is 33.3 Å². The molecular formula is C24H19Cl2N3O3S. The van der Waals surface area contributed by atoms with Gasteiger partial charge in [0.15, 0.2) is 0 Å². The fourth-order valence-electron chi connectivity index (χ4n) is 3.43. The number of aliphatic imine (C=N–C) groups is 1. The third kappa shape index (κ3) is 5.02. The largest absolute Gasteiger partial charge is 0.477 e. The third-order valence-electron chi connectivity index (χ3n) is 4.91. The second kappa shape index (κ2) is 9.89. The van der Waals surface area contributed by atoms with E-state index < -0.39 is 5.97 Å². The summed E-state index contributed by atoms with van der Waals surface area (Å²) in [6.07, 6.45) is 0. The van der Waals surface area contributed by atoms with Crippen molar-refractivity contribution in [1.82, 2.24) is 4.98 Å². The van der Waals surface area contributed by atoms with Crippen LogP contribution >= 0.6 is 34.5 Å². The first-order chi connectivity index (χ1) is 15.9. The van der Waals surface area contributed by atoms with Crippen LogP contribution in [0.5, 0.6) is 0 Å². The average molecular weight is 500 g/mol. The second-order valence-corrected chi connectivity index (χ2v) is 9.05. The molecule has 168 valence electrons. The molecule has 4 rings (SSSR count). The molecule has 2 aromatic heterocycles. The Hall–Kier alpha value is -2.97. The van der Waals surface area contributed by atoms with Crippen LogP contribution in [0.4, 0.5) is 5.69 Å². The summed E-state index contributed by atoms with van der Waals surface area (Å²) >= 11 is 13.2. The zero-order chi connectivity index (χ0) is 23.5. The number of amidine groups is 1. The van der Waals surface area contributed by atoms with E-state index >= 15 is 0 Å². The smallest absolute Gasteiger partial charge is 0.348 e. The molecule has 4 aromatic rings. The highest BCUT2D eigenvalue weighted by molar-refractivity contribution is 7.21. The lowest BCUT2D eigenvalue weighted by Crippen LogP contribution is -2.11. The number of aromatic carboxylic acids is 1. The lowest BCUT2D eigenvalue weighted by atomic mass is 9.99. The first kappa shape index (κ1) is 23.2. The molecule has 9 heteroatoms. The molecule has 0 spiro atoms. The van der Waals surface area contributed by atoms with Gasteiger partial charge in [0.1, 0.15) is 9.71 Å². The van der Waals surface area contributed by atoms with Gasteiger partial charge in [-0.3, -0.25) is 4.99 Å². The molecule has 0 radical (unpaired) electrons. The van der Waals surface area contributed by atoms with E-state index in [0.717, 1.165) is 28.0 Å². The molecule has 0 aliphatic carbocycles. The molecule has 2 heterocycles. The van der Waals surface area contributed by atoms with Crippen LogP contribution in [0.25, 0.3) is 32.6 Å². The topological polar surface area (TPSA) is 94.8 Å². The maximum Gasteiger partial charge on any atom is 0.348 e. The van der Waals surface area contributed by atoms with Crippen LogP contribution in [-0.2, 0) is 0 Å². The Kier molecular flexibility index (Phi) is 6.95. The lowest BCUT2D eigenvalue weighted by molar-refractivity contribution is 0.0703. The van der Waals surface area contributed by atoms with E-state index in [0.29, 0.717) is 37.5 Å². The monoisotopic (exact) mass is 499 g/mol. The molecule has 0 saturated heterocycles. The highest BCUT2D eigenvalue weighted by Gasteiger charge is 2.23. The number of hydrogen-bond donors (Lipinski definition) is 3. The number of carboxylic acids is 1. The number of benzene rings is 2. The molecule has 0 amide bonds. The number of nitrogens with one attached hydrogen (secondary N) is 1. The maximum atomic E-state index is 12.1. The van der Waals surface area contributed by atoms with Gasteiger partial charge in [0, 0.05) is 21.0 Å². The van der Waals surface area contributed by atoms with Crippen molar-refractivity contribution in [2.45, 2.75) is 6.92 Å². The van der Waals surface area contributed by atoms with Gasteiger partial charge in [-0.1, -0.05) is 47.5 Å². The number of carboxylic acid groups (broad SMARTS) is 1. The number of nitrogens with zero attached hydrogens (tertiary/aromatic N) is 2. The van der Waals surface area contributed by atoms with E-state index in [1.54, 1.807) is 31.2 Å². The third-order valence-corrected chi connectivity index (χ3v) is 6.48. The number of pyridine rings is 1. The Labute approximate surface area is 204 Å². The molecular weight excluding hydrogens is 481 g/mol. The zero-order valence-electron chi connectivity index (χ0n) is 17.5. The van der Waals surface area contributed by atoms with Gasteiger partial charge in [0.2, 0.25) is 0 Å². The first-order valence-electron chi connectivity index (χ1n) is 9.99. The molecule has 3 N–H and O–H groups in total. The van der Waals surface area contributed by atoms with Crippen molar-refractivity contribution in [3.8, 4) is 22.4 Å². The molecule has 0 bridgehead atoms. The number of fused-ring (bicyclic) bond motifs is 1. The van der Waals surface area contributed by atoms with Crippen molar-refractivity contribution in [3.63, 3.8) is 0 Å². The summed E-state index contributed by atoms with van der Waals surface area (Å²) in [7, 11) is 0. The Morgan fingerprint density at radius 1 is 1.06 bits per heavy atom. The predicted molar refractivity (Wildman–Crippen MR) is 136 cm³/mol. The van der Waals surface area contributed by atoms with Gasteiger partial charge in [-0.25, -0.2) is 9.78 Å². The minimum absolute atomic E-state index is 0.1000. The molecule has 33 heavy (non-hydrogen) atoms. The maximum absolute atomic E-state index is 12.1. The highest BCUT2D eigenvalue weighted by atomic mass is 35.5. The molecule has 6 nitrogen and oxygen atoms in total. The van der Waals surface area contributed by atoms with Gasteiger partial charge in [-0.05, 0) is 48.4 Å². The standard InChI is InChI=1S/C24H19Cl2N3O3S/c1-13(27-10-11-30)28-21-20-18(14-2-6-16(25)7-3-14)12-19(15-4-8-17(26)9-5-15)29-23(20)33-22(21)24(31)32/h2-9,12,30H,10-11H2,1H3,(H,27,28)(H,31,32). The molecule has 0 aliphatic heterocycles. The summed E-state index contributed by atoms with van der Waals surface area (Å²) in [5.41, 5.74) is 3.64. The number of carbonyl (C=O) groups is 1. The summed E-state index contributed by atoms with van der Waals surface area (Å²) in [6.45, 7) is 1.84. The highest BCUT2D eigenvalue weighted by Crippen LogP contribution is 2.43. The van der Waals surface area contributed by atoms with Crippen LogP contribution in [0.15, 0.2) is 59.6 Å². The van der Waals surface area contributed by atoms with E-state index in [-0.39, 0.29) is 18.0 Å². The lowest BCUT2D eigenvalue weighted by Gasteiger charge is -2.12. The van der Waals surface area contributed by atoms with E-state index in [9.17, 15) is 9.90 Å². The molecule has 0 aliphatic rings. The Balaban J connectivity index is 2.00. The minimum Gasteiger partial charge on any atom is -0.477 e. The number of aliphatic hydroxyl groups is 1. The van der Waals surface area contributed by atoms with Crippen LogP contribution in [0.1, 0.15) is 16.6 Å². The number of aromatic nitrogens is 1. The molecule has 0 saturated carbocycles. The second-order valence-electron chi connectivity index (χ2n) is 7.18. The van der Waals surface area contributed by atoms with Crippen molar-refractivity contribution >= 4 is 62.2 Å². The van der Waals surface area contributed by atoms with Crippen molar-refractivity contribution in [2.24, 2.45) is 4.99 Å². The summed E-state index contributed by atoms with van der Waals surface area (Å²) in [5.74, 6) is -0.569. The fourth-order valence-corrected chi connectivity index (χ4v) is 4.68. The summed E-state index contributed by atoms with van der Waals surface area (Å²) in [4.78, 5) is 21.8. The van der Waals surface area contributed by atoms with Crippen molar-refractivity contribution in [3.05, 3.63) is 69.5 Å². The minimum atomic E-state index is -1.06. The van der Waals surface area contributed by atoms with Crippen LogP contribution in [0, 0.1) is 0 Å². The predicted octanol–water partition coefficient (Wildman–Crippen LogP) is 6.46. The quantitative estimate of drug-likeness (QED) is 0.209. The number of aliphatic hydroxyl groups excluding tert-OH is 1. The summed E-state index contributed by atoms with van der Waals surface area (Å²) in [6, 6.07) is 16.6. The zero-order valence-corrected chi connectivity index (χ0v) is 19.8. The van der Waals surface area contributed by atoms with Gasteiger partial charge in [0.25, 0.3) is 0 Å². The number of rotatable bonds is 6. The molecule has 0 atom stereocenters. The van der Waals surface area contributed by atoms with Gasteiger partial charge >= 0.3 is 5.97 Å². The van der Waals surface area contributed by atoms with Crippen LogP contribution in [-0.4, -0.2) is 40.2 Å². The van der Waals surface area contributed by atoms with E-state index in [2.05, 4.69) is 10.3 Å². The van der Waals surface area contributed by atoms with E-state index in [1.807, 2.05) is 30.3 Å². The summed E-state index contributed by atoms with van der Waals surface area (Å²) in [5, 5.41) is 24.0. The number of thiophene rings is 1. The molecule has 2 aromatic carbocycles. The molecule has 0 fully saturated rings. The SMILES string of the molecule is CC(=NCCO)Nc1c(C(=O)O)sc2nc(-c3ccc(Cl)cc3)cc(-c3ccc(Cl)cc3)c12. The van der Waals surface area contributed by atoms with Crippen LogP contribution in [0.2, 0.25) is 10.0 Å². The van der Waals surface area contributed by atoms with Gasteiger partial charge in [-0.15, -0.1) is 11.3 Å². The fraction of sp³-hybridized carbons (Fsp3) is 0.125. The van der Waals surface area contributed by atoms with E-state index in [1.165, 1.54) is 0 Å². The number of hydrogen-bond acceptors (Lipinski definition) is 5. The Morgan fingerprint density at radius 3 is 2.24 bits per heavy atom. The first-order valence-corrected chi connectivity index (χ1v) is 11.6. The molecule has 0 unspecified atom stereocenters. The van der Waals surface area contributed by atoms with Crippen molar-refractivity contribution < 1.29 is 15.0 Å². The van der Waals surface area contributed by atoms with Crippen LogP contribution in [0.3, 0.4) is 0 Å². The average Bonchev–Trinajstić information content (AvgIpc) is 3.16. The van der Waals surface area contributed by atoms with Crippen molar-refractivity contribution in [2.75, 3.05) is 18.5 Å². The number of anilines is 1. The van der Waals surface area contributed by atoms with Crippen LogP contribution < -0.4 is 5.32 Å². The van der Waals surface area contributed by atoms with Gasteiger partial charge in [-0.2, -0.15) is 0 Å². The Bertz CT molecular complexity index is 1350. The summed E-state index contributed by atoms with van der Waals surface area (Å²) < 4.78 is 0. The van der Waals surface area contributed by atoms with Gasteiger partial charge < -0.3 is 15.5 Å². The van der Waals surface area contributed by atoms with Crippen molar-refractivity contribution in [1.29, 1.82) is 0 Å². The van der Waals surface area contributed by atoms with Gasteiger partial charge in [0.05, 0.1) is 30.4 Å². The normalized spacial score (nSPS) is 11.7.